The van der Waals surface area contributed by atoms with Crippen molar-refractivity contribution in [3.05, 3.63) is 34.3 Å². The summed E-state index contributed by atoms with van der Waals surface area (Å²) in [4.78, 5) is 0. The molecular formula is C21H31ClO6. The molecule has 0 bridgehead atoms. The molecule has 1 aromatic rings. The second kappa shape index (κ2) is 8.19. The predicted octanol–water partition coefficient (Wildman–Crippen LogP) is 1.72. The van der Waals surface area contributed by atoms with E-state index >= 15 is 0 Å². The van der Waals surface area contributed by atoms with Gasteiger partial charge in [-0.3, -0.25) is 0 Å². The molecule has 28 heavy (non-hydrogen) atoms. The molecule has 6 nitrogen and oxygen atoms in total. The summed E-state index contributed by atoms with van der Waals surface area (Å²) in [5.74, 6) is -1.76. The van der Waals surface area contributed by atoms with Gasteiger partial charge in [0.25, 0.3) is 0 Å². The van der Waals surface area contributed by atoms with Crippen LogP contribution in [0.5, 0.6) is 0 Å². The van der Waals surface area contributed by atoms with E-state index in [-0.39, 0.29) is 5.56 Å². The Bertz CT molecular complexity index is 683. The average molecular weight is 415 g/mol. The summed E-state index contributed by atoms with van der Waals surface area (Å²) in [6.45, 7) is 3.96. The molecule has 1 saturated carbocycles. The van der Waals surface area contributed by atoms with Crippen molar-refractivity contribution in [2.24, 2.45) is 11.3 Å². The number of aliphatic hydroxyl groups is 5. The van der Waals surface area contributed by atoms with Gasteiger partial charge in [0.2, 0.25) is 5.79 Å². The van der Waals surface area contributed by atoms with E-state index in [4.69, 9.17) is 16.3 Å². The Morgan fingerprint density at radius 1 is 1.11 bits per heavy atom. The molecule has 3 rings (SSSR count). The molecule has 5 N–H and O–H groups in total. The van der Waals surface area contributed by atoms with Crippen LogP contribution in [0.2, 0.25) is 5.02 Å². The van der Waals surface area contributed by atoms with Crippen molar-refractivity contribution >= 4 is 11.6 Å². The van der Waals surface area contributed by atoms with Crippen LogP contribution in [0.15, 0.2) is 18.2 Å². The first kappa shape index (κ1) is 22.0. The predicted molar refractivity (Wildman–Crippen MR) is 105 cm³/mol. The maximum absolute atomic E-state index is 11.0. The van der Waals surface area contributed by atoms with Crippen LogP contribution in [0, 0.1) is 11.3 Å². The van der Waals surface area contributed by atoms with Gasteiger partial charge in [0, 0.05) is 10.6 Å². The van der Waals surface area contributed by atoms with Crippen molar-refractivity contribution in [1.82, 2.24) is 0 Å². The first-order valence-corrected chi connectivity index (χ1v) is 10.3. The van der Waals surface area contributed by atoms with Crippen molar-refractivity contribution in [2.45, 2.75) is 76.2 Å². The van der Waals surface area contributed by atoms with Crippen molar-refractivity contribution in [2.75, 3.05) is 6.61 Å². The molecule has 7 heteroatoms. The summed E-state index contributed by atoms with van der Waals surface area (Å²) in [6.07, 6.45) is -0.871. The highest BCUT2D eigenvalue weighted by Gasteiger charge is 2.53. The van der Waals surface area contributed by atoms with Crippen LogP contribution < -0.4 is 0 Å². The van der Waals surface area contributed by atoms with Gasteiger partial charge in [-0.15, -0.1) is 0 Å². The van der Waals surface area contributed by atoms with Gasteiger partial charge in [0.1, 0.15) is 24.4 Å². The average Bonchev–Trinajstić information content (AvgIpc) is 2.66. The molecule has 0 amide bonds. The SMILES string of the molecule is CC1(C)CCC(Cc2cc([C@@]3(O)O[C@H](CO)[C@@H](O)[C@H](O)[C@H]3O)ccc2Cl)CC1. The number of hydrogen-bond donors (Lipinski definition) is 5. The molecule has 1 aromatic carbocycles. The number of hydrogen-bond acceptors (Lipinski definition) is 6. The van der Waals surface area contributed by atoms with E-state index < -0.39 is 36.8 Å². The molecule has 1 heterocycles. The topological polar surface area (TPSA) is 110 Å². The summed E-state index contributed by atoms with van der Waals surface area (Å²) in [6, 6.07) is 4.85. The Hall–Kier alpha value is -0.730. The Balaban J connectivity index is 1.84. The number of ether oxygens (including phenoxy) is 1. The minimum absolute atomic E-state index is 0.236. The maximum atomic E-state index is 11.0. The van der Waals surface area contributed by atoms with Crippen LogP contribution in [-0.2, 0) is 16.9 Å². The van der Waals surface area contributed by atoms with Crippen molar-refractivity contribution < 1.29 is 30.3 Å². The second-order valence-electron chi connectivity index (χ2n) is 9.08. The molecule has 0 radical (unpaired) electrons. The molecule has 0 unspecified atom stereocenters. The first-order valence-electron chi connectivity index (χ1n) is 9.91. The zero-order valence-electron chi connectivity index (χ0n) is 16.4. The van der Waals surface area contributed by atoms with E-state index in [0.29, 0.717) is 16.4 Å². The highest BCUT2D eigenvalue weighted by Crippen LogP contribution is 2.41. The van der Waals surface area contributed by atoms with Crippen LogP contribution >= 0.6 is 11.6 Å². The normalized spacial score (nSPS) is 36.4. The lowest BCUT2D eigenvalue weighted by Gasteiger charge is -2.45. The van der Waals surface area contributed by atoms with Gasteiger partial charge in [-0.05, 0) is 61.1 Å². The van der Waals surface area contributed by atoms with E-state index in [1.165, 1.54) is 6.07 Å². The Labute approximate surface area is 170 Å². The highest BCUT2D eigenvalue weighted by molar-refractivity contribution is 6.31. The quantitative estimate of drug-likeness (QED) is 0.513. The van der Waals surface area contributed by atoms with Crippen LogP contribution in [0.4, 0.5) is 0 Å². The summed E-state index contributed by atoms with van der Waals surface area (Å²) < 4.78 is 5.42. The molecule has 0 aromatic heterocycles. The Morgan fingerprint density at radius 3 is 2.36 bits per heavy atom. The molecule has 2 aliphatic rings. The summed E-state index contributed by atoms with van der Waals surface area (Å²) >= 11 is 6.39. The lowest BCUT2D eigenvalue weighted by atomic mass is 9.71. The lowest BCUT2D eigenvalue weighted by Crippen LogP contribution is -2.63. The van der Waals surface area contributed by atoms with E-state index in [0.717, 1.165) is 37.7 Å². The summed E-state index contributed by atoms with van der Waals surface area (Å²) in [7, 11) is 0. The monoisotopic (exact) mass is 414 g/mol. The third-order valence-electron chi connectivity index (χ3n) is 6.39. The van der Waals surface area contributed by atoms with Gasteiger partial charge in [-0.25, -0.2) is 0 Å². The Kier molecular flexibility index (Phi) is 6.42. The van der Waals surface area contributed by atoms with Crippen molar-refractivity contribution in [3.8, 4) is 0 Å². The molecule has 1 saturated heterocycles. The standard InChI is InChI=1S/C21H31ClO6/c1-20(2)7-5-12(6-8-20)9-13-10-14(3-4-15(13)22)21(27)19(26)18(25)17(24)16(11-23)28-21/h3-4,10,12,16-19,23-27H,5-9,11H2,1-2H3/t16-,17-,18+,19-,21-/m1/s1. The third-order valence-corrected chi connectivity index (χ3v) is 6.76. The maximum Gasteiger partial charge on any atom is 0.222 e. The number of benzene rings is 1. The fourth-order valence-electron chi connectivity index (χ4n) is 4.32. The van der Waals surface area contributed by atoms with Crippen molar-refractivity contribution in [3.63, 3.8) is 0 Å². The largest absolute Gasteiger partial charge is 0.394 e. The molecule has 5 atom stereocenters. The number of aliphatic hydroxyl groups excluding tert-OH is 4. The van der Waals surface area contributed by atoms with Gasteiger partial charge in [0.05, 0.1) is 6.61 Å². The minimum atomic E-state index is -2.25. The molecule has 0 spiro atoms. The van der Waals surface area contributed by atoms with Gasteiger partial charge < -0.3 is 30.3 Å². The molecular weight excluding hydrogens is 384 g/mol. The van der Waals surface area contributed by atoms with E-state index in [9.17, 15) is 25.5 Å². The highest BCUT2D eigenvalue weighted by atomic mass is 35.5. The zero-order valence-corrected chi connectivity index (χ0v) is 17.1. The number of halogens is 1. The van der Waals surface area contributed by atoms with E-state index in [2.05, 4.69) is 13.8 Å². The fraction of sp³-hybridized carbons (Fsp3) is 0.714. The van der Waals surface area contributed by atoms with Crippen LogP contribution in [-0.4, -0.2) is 56.6 Å². The van der Waals surface area contributed by atoms with E-state index in [1.54, 1.807) is 12.1 Å². The van der Waals surface area contributed by atoms with Crippen LogP contribution in [0.3, 0.4) is 0 Å². The third kappa shape index (κ3) is 4.24. The van der Waals surface area contributed by atoms with Gasteiger partial charge in [0.15, 0.2) is 0 Å². The second-order valence-corrected chi connectivity index (χ2v) is 9.49. The van der Waals surface area contributed by atoms with Crippen LogP contribution in [0.25, 0.3) is 0 Å². The van der Waals surface area contributed by atoms with Gasteiger partial charge in [-0.1, -0.05) is 31.5 Å². The Morgan fingerprint density at radius 2 is 1.75 bits per heavy atom. The van der Waals surface area contributed by atoms with Crippen molar-refractivity contribution in [1.29, 1.82) is 0 Å². The summed E-state index contributed by atoms with van der Waals surface area (Å²) in [5.41, 5.74) is 1.45. The molecule has 2 fully saturated rings. The zero-order chi connectivity index (χ0) is 20.7. The van der Waals surface area contributed by atoms with Gasteiger partial charge >= 0.3 is 0 Å². The first-order chi connectivity index (χ1) is 13.1. The molecule has 158 valence electrons. The van der Waals surface area contributed by atoms with Crippen LogP contribution in [0.1, 0.15) is 50.7 Å². The lowest BCUT2D eigenvalue weighted by molar-refractivity contribution is -0.357. The van der Waals surface area contributed by atoms with Gasteiger partial charge in [-0.2, -0.15) is 0 Å². The smallest absolute Gasteiger partial charge is 0.222 e. The van der Waals surface area contributed by atoms with E-state index in [1.807, 2.05) is 0 Å². The number of rotatable bonds is 4. The minimum Gasteiger partial charge on any atom is -0.394 e. The summed E-state index contributed by atoms with van der Waals surface area (Å²) in [5, 5.41) is 51.3. The molecule has 1 aliphatic heterocycles. The molecule has 1 aliphatic carbocycles. The fourth-order valence-corrected chi connectivity index (χ4v) is 4.52.